The second-order valence-corrected chi connectivity index (χ2v) is 10.4. The molecule has 0 spiro atoms. The van der Waals surface area contributed by atoms with Crippen LogP contribution in [0, 0.1) is 23.3 Å². The molecule has 1 amide bonds. The maximum atomic E-state index is 12.3. The number of nitriles is 1. The highest BCUT2D eigenvalue weighted by Crippen LogP contribution is 2.42. The first-order valence-electron chi connectivity index (χ1n) is 11.2. The Morgan fingerprint density at radius 2 is 1.97 bits per heavy atom. The molecule has 0 aliphatic carbocycles. The van der Waals surface area contributed by atoms with Crippen molar-refractivity contribution in [3.63, 3.8) is 0 Å². The van der Waals surface area contributed by atoms with Crippen LogP contribution >= 0.6 is 11.8 Å². The monoisotopic (exact) mass is 463 g/mol. The predicted molar refractivity (Wildman–Crippen MR) is 135 cm³/mol. The first-order chi connectivity index (χ1) is 15.6. The number of rotatable bonds is 10. The Balaban J connectivity index is 2.45. The van der Waals surface area contributed by atoms with Crippen LogP contribution in [0.3, 0.4) is 0 Å². The summed E-state index contributed by atoms with van der Waals surface area (Å²) in [4.78, 5) is 22.8. The Morgan fingerprint density at radius 3 is 2.48 bits per heavy atom. The third-order valence-electron chi connectivity index (χ3n) is 5.42. The molecule has 0 bridgehead atoms. The minimum absolute atomic E-state index is 0.285. The zero-order valence-corrected chi connectivity index (χ0v) is 21.0. The van der Waals surface area contributed by atoms with Crippen LogP contribution in [0.2, 0.25) is 0 Å². The van der Waals surface area contributed by atoms with Crippen LogP contribution < -0.4 is 10.6 Å². The standard InChI is InChI=1S/C26H33N5OS/c1-7-19-20(17-27)25(33-22(23(28)32)18-13-9-8-10-14-18)30-24(21(19)29-5)31(6)16-12-11-15-26(2,3)4/h8-10,13-14,22H,7,11-12,15-16H2,1-4,6H3,(H2,28,32). The molecule has 0 radical (unpaired) electrons. The SMILES string of the molecule is [C-]#[N+]c1c(N(C)CCCCC(C)(C)C)nc(SC(C(N)=O)c2ccccc2)c(C#N)c1CC. The molecule has 1 aromatic carbocycles. The number of benzene rings is 1. The molecular formula is C26H33N5OS. The number of hydrogen-bond donors (Lipinski definition) is 1. The molecule has 0 aliphatic rings. The number of nitrogens with zero attached hydrogens (tertiary/aromatic N) is 4. The van der Waals surface area contributed by atoms with Gasteiger partial charge in [0.25, 0.3) is 0 Å². The van der Waals surface area contributed by atoms with Crippen LogP contribution in [0.1, 0.15) is 68.9 Å². The van der Waals surface area contributed by atoms with Crippen molar-refractivity contribution in [2.45, 2.75) is 63.7 Å². The second kappa shape index (κ2) is 11.7. The van der Waals surface area contributed by atoms with Gasteiger partial charge in [-0.15, -0.1) is 0 Å². The van der Waals surface area contributed by atoms with Gasteiger partial charge >= 0.3 is 0 Å². The summed E-state index contributed by atoms with van der Waals surface area (Å²) in [6.45, 7) is 17.1. The number of carbonyl (C=O) groups is 1. The summed E-state index contributed by atoms with van der Waals surface area (Å²) < 4.78 is 0. The van der Waals surface area contributed by atoms with E-state index in [1.54, 1.807) is 0 Å². The predicted octanol–water partition coefficient (Wildman–Crippen LogP) is 6.04. The van der Waals surface area contributed by atoms with Gasteiger partial charge in [-0.3, -0.25) is 4.79 Å². The molecule has 174 valence electrons. The summed E-state index contributed by atoms with van der Waals surface area (Å²) in [5.74, 6) is 0.0525. The van der Waals surface area contributed by atoms with Crippen LogP contribution in [0.5, 0.6) is 0 Å². The molecule has 0 saturated carbocycles. The summed E-state index contributed by atoms with van der Waals surface area (Å²) >= 11 is 1.18. The number of primary amides is 1. The third-order valence-corrected chi connectivity index (χ3v) is 6.68. The Hall–Kier alpha value is -3.03. The highest BCUT2D eigenvalue weighted by atomic mass is 32.2. The van der Waals surface area contributed by atoms with Gasteiger partial charge in [0.1, 0.15) is 22.2 Å². The molecule has 1 unspecified atom stereocenters. The van der Waals surface area contributed by atoms with Crippen molar-refractivity contribution in [3.05, 3.63) is 58.4 Å². The lowest BCUT2D eigenvalue weighted by Gasteiger charge is -2.24. The van der Waals surface area contributed by atoms with Gasteiger partial charge < -0.3 is 10.6 Å². The minimum Gasteiger partial charge on any atom is -0.368 e. The van der Waals surface area contributed by atoms with Gasteiger partial charge in [0.2, 0.25) is 11.6 Å². The van der Waals surface area contributed by atoms with Gasteiger partial charge in [0.05, 0.1) is 12.1 Å². The zero-order chi connectivity index (χ0) is 24.6. The van der Waals surface area contributed by atoms with E-state index in [2.05, 4.69) is 31.7 Å². The van der Waals surface area contributed by atoms with Gasteiger partial charge in [-0.05, 0) is 35.8 Å². The normalized spacial score (nSPS) is 12.0. The van der Waals surface area contributed by atoms with E-state index in [0.717, 1.165) is 31.4 Å². The molecule has 2 N–H and O–H groups in total. The molecule has 1 heterocycles. The van der Waals surface area contributed by atoms with Gasteiger partial charge in [-0.2, -0.15) is 5.26 Å². The fourth-order valence-electron chi connectivity index (χ4n) is 3.66. The van der Waals surface area contributed by atoms with Crippen LogP contribution in [0.15, 0.2) is 35.4 Å². The Kier molecular flexibility index (Phi) is 9.32. The molecule has 1 atom stereocenters. The van der Waals surface area contributed by atoms with E-state index in [9.17, 15) is 10.1 Å². The third kappa shape index (κ3) is 6.97. The van der Waals surface area contributed by atoms with Crippen LogP contribution in [0.4, 0.5) is 11.5 Å². The van der Waals surface area contributed by atoms with E-state index in [0.29, 0.717) is 34.1 Å². The summed E-state index contributed by atoms with van der Waals surface area (Å²) in [5.41, 5.74) is 8.18. The van der Waals surface area contributed by atoms with Crippen molar-refractivity contribution in [1.82, 2.24) is 4.98 Å². The largest absolute Gasteiger partial charge is 0.368 e. The van der Waals surface area contributed by atoms with Gasteiger partial charge in [-0.25, -0.2) is 9.83 Å². The molecule has 0 fully saturated rings. The van der Waals surface area contributed by atoms with Crippen LogP contribution in [0.25, 0.3) is 4.85 Å². The molecule has 2 rings (SSSR count). The molecule has 7 heteroatoms. The van der Waals surface area contributed by atoms with Crippen LogP contribution in [-0.4, -0.2) is 24.5 Å². The van der Waals surface area contributed by atoms with E-state index < -0.39 is 11.2 Å². The van der Waals surface area contributed by atoms with Crippen LogP contribution in [-0.2, 0) is 11.2 Å². The number of pyridine rings is 1. The Bertz CT molecular complexity index is 1050. The second-order valence-electron chi connectivity index (χ2n) is 9.27. The molecular weight excluding hydrogens is 430 g/mol. The van der Waals surface area contributed by atoms with Crippen molar-refractivity contribution >= 4 is 29.2 Å². The summed E-state index contributed by atoms with van der Waals surface area (Å²) in [6.07, 6.45) is 3.70. The Morgan fingerprint density at radius 1 is 1.30 bits per heavy atom. The van der Waals surface area contributed by atoms with E-state index in [1.165, 1.54) is 11.8 Å². The van der Waals surface area contributed by atoms with Crippen molar-refractivity contribution in [3.8, 4) is 6.07 Å². The topological polar surface area (TPSA) is 87.4 Å². The van der Waals surface area contributed by atoms with Crippen molar-refractivity contribution < 1.29 is 4.79 Å². The fourth-order valence-corrected chi connectivity index (χ4v) is 4.71. The molecule has 2 aromatic rings. The Labute approximate surface area is 202 Å². The summed E-state index contributed by atoms with van der Waals surface area (Å²) in [6, 6.07) is 11.5. The van der Waals surface area contributed by atoms with Crippen molar-refractivity contribution in [2.24, 2.45) is 11.1 Å². The number of anilines is 1. The maximum Gasteiger partial charge on any atom is 0.235 e. The lowest BCUT2D eigenvalue weighted by Crippen LogP contribution is -2.22. The first kappa shape index (κ1) is 26.2. The summed E-state index contributed by atoms with van der Waals surface area (Å²) in [7, 11) is 1.93. The van der Waals surface area contributed by atoms with E-state index in [-0.39, 0.29) is 5.41 Å². The van der Waals surface area contributed by atoms with Gasteiger partial charge in [-0.1, -0.05) is 76.2 Å². The first-order valence-corrected chi connectivity index (χ1v) is 12.1. The highest BCUT2D eigenvalue weighted by Gasteiger charge is 2.26. The van der Waals surface area contributed by atoms with Gasteiger partial charge in [0, 0.05) is 13.6 Å². The van der Waals surface area contributed by atoms with Crippen molar-refractivity contribution in [1.29, 1.82) is 5.26 Å². The summed E-state index contributed by atoms with van der Waals surface area (Å²) in [5, 5.41) is 9.67. The average Bonchev–Trinajstić information content (AvgIpc) is 2.78. The number of carbonyl (C=O) groups excluding carboxylic acids is 1. The average molecular weight is 464 g/mol. The molecule has 1 aromatic heterocycles. The smallest absolute Gasteiger partial charge is 0.235 e. The lowest BCUT2D eigenvalue weighted by molar-refractivity contribution is -0.117. The van der Waals surface area contributed by atoms with E-state index in [4.69, 9.17) is 17.3 Å². The molecule has 0 aliphatic heterocycles. The molecule has 33 heavy (non-hydrogen) atoms. The number of hydrogen-bond acceptors (Lipinski definition) is 5. The highest BCUT2D eigenvalue weighted by molar-refractivity contribution is 8.00. The zero-order valence-electron chi connectivity index (χ0n) is 20.2. The number of nitrogens with two attached hydrogens (primary N) is 1. The minimum atomic E-state index is -0.681. The molecule has 6 nitrogen and oxygen atoms in total. The lowest BCUT2D eigenvalue weighted by atomic mass is 9.90. The fraction of sp³-hybridized carbons (Fsp3) is 0.462. The number of thioether (sulfide) groups is 1. The number of unbranched alkanes of at least 4 members (excludes halogenated alkanes) is 1. The van der Waals surface area contributed by atoms with Crippen molar-refractivity contribution in [2.75, 3.05) is 18.5 Å². The quantitative estimate of drug-likeness (QED) is 0.264. The maximum absolute atomic E-state index is 12.3. The van der Waals surface area contributed by atoms with E-state index >= 15 is 0 Å². The number of amides is 1. The van der Waals surface area contributed by atoms with E-state index in [1.807, 2.05) is 49.2 Å². The van der Waals surface area contributed by atoms with Gasteiger partial charge in [0.15, 0.2) is 0 Å². The molecule has 0 saturated heterocycles. The number of aromatic nitrogens is 1.